The summed E-state index contributed by atoms with van der Waals surface area (Å²) in [5.74, 6) is 0.529. The fraction of sp³-hybridized carbons (Fsp3) is 0. The van der Waals surface area contributed by atoms with Crippen molar-refractivity contribution in [3.05, 3.63) is 52.7 Å². The van der Waals surface area contributed by atoms with E-state index in [1.165, 1.54) is 12.3 Å². The number of nitrogen functional groups attached to an aromatic ring is 1. The van der Waals surface area contributed by atoms with Gasteiger partial charge in [0.15, 0.2) is 0 Å². The molecule has 17 heavy (non-hydrogen) atoms. The van der Waals surface area contributed by atoms with E-state index in [0.29, 0.717) is 11.5 Å². The van der Waals surface area contributed by atoms with E-state index in [-0.39, 0.29) is 5.69 Å². The molecule has 6 nitrogen and oxygen atoms in total. The number of nitrogens with one attached hydrogen (secondary N) is 1. The van der Waals surface area contributed by atoms with Crippen LogP contribution >= 0.6 is 0 Å². The molecule has 0 saturated carbocycles. The van der Waals surface area contributed by atoms with E-state index in [1.807, 2.05) is 12.1 Å². The van der Waals surface area contributed by atoms with Gasteiger partial charge in [0.25, 0.3) is 5.69 Å². The Morgan fingerprint density at radius 3 is 2.71 bits per heavy atom. The molecule has 3 N–H and O–H groups in total. The number of nitrogens with two attached hydrogens (primary N) is 1. The van der Waals surface area contributed by atoms with Gasteiger partial charge in [0.1, 0.15) is 12.0 Å². The molecule has 6 heteroatoms. The average molecular weight is 230 g/mol. The van der Waals surface area contributed by atoms with Crippen LogP contribution in [0.4, 0.5) is 22.9 Å². The molecule has 0 saturated heterocycles. The van der Waals surface area contributed by atoms with Gasteiger partial charge in [-0.1, -0.05) is 6.07 Å². The van der Waals surface area contributed by atoms with Crippen LogP contribution in [0.5, 0.6) is 0 Å². The smallest absolute Gasteiger partial charge is 0.287 e. The fourth-order valence-electron chi connectivity index (χ4n) is 1.33. The van der Waals surface area contributed by atoms with Crippen molar-refractivity contribution in [2.75, 3.05) is 11.1 Å². The molecule has 1 heterocycles. The molecule has 0 aliphatic carbocycles. The van der Waals surface area contributed by atoms with Crippen molar-refractivity contribution in [3.8, 4) is 0 Å². The maximum absolute atomic E-state index is 10.4. The maximum atomic E-state index is 10.4. The molecule has 2 aromatic rings. The SMILES string of the molecule is Nc1cccc(Nc2ccc([N+](=O)[O-])cn2)c1. The summed E-state index contributed by atoms with van der Waals surface area (Å²) in [7, 11) is 0. The first kappa shape index (κ1) is 10.9. The van der Waals surface area contributed by atoms with E-state index >= 15 is 0 Å². The van der Waals surface area contributed by atoms with Crippen LogP contribution in [0.2, 0.25) is 0 Å². The molecule has 1 aromatic carbocycles. The van der Waals surface area contributed by atoms with Gasteiger partial charge in [-0.2, -0.15) is 0 Å². The van der Waals surface area contributed by atoms with Crippen molar-refractivity contribution in [1.82, 2.24) is 4.98 Å². The van der Waals surface area contributed by atoms with E-state index in [4.69, 9.17) is 5.73 Å². The molecule has 0 spiro atoms. The number of hydrogen-bond acceptors (Lipinski definition) is 5. The molecule has 0 aliphatic rings. The lowest BCUT2D eigenvalue weighted by Crippen LogP contribution is -1.95. The summed E-state index contributed by atoms with van der Waals surface area (Å²) in [5.41, 5.74) is 7.01. The summed E-state index contributed by atoms with van der Waals surface area (Å²) in [6.45, 7) is 0. The minimum absolute atomic E-state index is 0.0388. The Kier molecular flexibility index (Phi) is 2.87. The van der Waals surface area contributed by atoms with Gasteiger partial charge in [-0.25, -0.2) is 4.98 Å². The molecular formula is C11H10N4O2. The minimum atomic E-state index is -0.489. The van der Waals surface area contributed by atoms with Crippen molar-refractivity contribution in [2.24, 2.45) is 0 Å². The molecule has 1 aromatic heterocycles. The van der Waals surface area contributed by atoms with Gasteiger partial charge in [0, 0.05) is 17.4 Å². The van der Waals surface area contributed by atoms with Crippen molar-refractivity contribution in [2.45, 2.75) is 0 Å². The van der Waals surface area contributed by atoms with E-state index in [1.54, 1.807) is 18.2 Å². The van der Waals surface area contributed by atoms with Gasteiger partial charge < -0.3 is 11.1 Å². The van der Waals surface area contributed by atoms with Crippen LogP contribution < -0.4 is 11.1 Å². The number of rotatable bonds is 3. The Labute approximate surface area is 97.3 Å². The molecule has 0 radical (unpaired) electrons. The number of aromatic nitrogens is 1. The topological polar surface area (TPSA) is 94.1 Å². The van der Waals surface area contributed by atoms with Crippen LogP contribution in [0.25, 0.3) is 0 Å². The molecule has 0 amide bonds. The van der Waals surface area contributed by atoms with Crippen molar-refractivity contribution >= 4 is 22.9 Å². The van der Waals surface area contributed by atoms with E-state index in [2.05, 4.69) is 10.3 Å². The Morgan fingerprint density at radius 2 is 2.12 bits per heavy atom. The molecule has 0 fully saturated rings. The normalized spacial score (nSPS) is 9.88. The highest BCUT2D eigenvalue weighted by Gasteiger charge is 2.05. The van der Waals surface area contributed by atoms with Crippen LogP contribution in [0.15, 0.2) is 42.6 Å². The van der Waals surface area contributed by atoms with Crippen LogP contribution in [-0.2, 0) is 0 Å². The second-order valence-electron chi connectivity index (χ2n) is 3.41. The Morgan fingerprint density at radius 1 is 1.29 bits per heavy atom. The quantitative estimate of drug-likeness (QED) is 0.479. The first-order valence-electron chi connectivity index (χ1n) is 4.88. The molecule has 0 bridgehead atoms. The number of hydrogen-bond donors (Lipinski definition) is 2. The number of benzene rings is 1. The van der Waals surface area contributed by atoms with Crippen LogP contribution in [0.3, 0.4) is 0 Å². The number of nitrogens with zero attached hydrogens (tertiary/aromatic N) is 2. The zero-order valence-electron chi connectivity index (χ0n) is 8.83. The summed E-state index contributed by atoms with van der Waals surface area (Å²) in [4.78, 5) is 13.9. The van der Waals surface area contributed by atoms with Gasteiger partial charge in [-0.05, 0) is 24.3 Å². The molecule has 0 aliphatic heterocycles. The first-order chi connectivity index (χ1) is 8.15. The van der Waals surface area contributed by atoms with Crippen molar-refractivity contribution < 1.29 is 4.92 Å². The molecule has 0 atom stereocenters. The van der Waals surface area contributed by atoms with Crippen molar-refractivity contribution in [1.29, 1.82) is 0 Å². The molecule has 2 rings (SSSR count). The number of anilines is 3. The zero-order chi connectivity index (χ0) is 12.3. The lowest BCUT2D eigenvalue weighted by atomic mass is 10.3. The second kappa shape index (κ2) is 4.48. The standard InChI is InChI=1S/C11H10N4O2/c12-8-2-1-3-9(6-8)14-11-5-4-10(7-13-11)15(16)17/h1-7H,12H2,(H,13,14). The van der Waals surface area contributed by atoms with E-state index in [9.17, 15) is 10.1 Å². The van der Waals surface area contributed by atoms with E-state index in [0.717, 1.165) is 5.69 Å². The highest BCUT2D eigenvalue weighted by atomic mass is 16.6. The van der Waals surface area contributed by atoms with Gasteiger partial charge in [-0.15, -0.1) is 0 Å². The monoisotopic (exact) mass is 230 g/mol. The predicted molar refractivity (Wildman–Crippen MR) is 65.0 cm³/mol. The summed E-state index contributed by atoms with van der Waals surface area (Å²) >= 11 is 0. The highest BCUT2D eigenvalue weighted by molar-refractivity contribution is 5.61. The van der Waals surface area contributed by atoms with Crippen molar-refractivity contribution in [3.63, 3.8) is 0 Å². The third kappa shape index (κ3) is 2.69. The largest absolute Gasteiger partial charge is 0.399 e. The van der Waals surface area contributed by atoms with Crippen LogP contribution in [0, 0.1) is 10.1 Å². The van der Waals surface area contributed by atoms with Crippen LogP contribution in [-0.4, -0.2) is 9.91 Å². The second-order valence-corrected chi connectivity index (χ2v) is 3.41. The van der Waals surface area contributed by atoms with Crippen LogP contribution in [0.1, 0.15) is 0 Å². The predicted octanol–water partition coefficient (Wildman–Crippen LogP) is 2.32. The first-order valence-corrected chi connectivity index (χ1v) is 4.88. The Hall–Kier alpha value is -2.63. The highest BCUT2D eigenvalue weighted by Crippen LogP contribution is 2.18. The summed E-state index contributed by atoms with van der Waals surface area (Å²) in [5, 5.41) is 13.4. The minimum Gasteiger partial charge on any atom is -0.399 e. The van der Waals surface area contributed by atoms with E-state index < -0.39 is 4.92 Å². The lowest BCUT2D eigenvalue weighted by molar-refractivity contribution is -0.385. The number of pyridine rings is 1. The fourth-order valence-corrected chi connectivity index (χ4v) is 1.33. The maximum Gasteiger partial charge on any atom is 0.287 e. The zero-order valence-corrected chi connectivity index (χ0v) is 8.83. The Bertz CT molecular complexity index is 539. The van der Waals surface area contributed by atoms with Gasteiger partial charge >= 0.3 is 0 Å². The Balaban J connectivity index is 2.16. The summed E-state index contributed by atoms with van der Waals surface area (Å²) < 4.78 is 0. The number of nitro groups is 1. The van der Waals surface area contributed by atoms with Gasteiger partial charge in [0.05, 0.1) is 4.92 Å². The lowest BCUT2D eigenvalue weighted by Gasteiger charge is -2.05. The molecule has 0 unspecified atom stereocenters. The molecule has 86 valence electrons. The summed E-state index contributed by atoms with van der Waals surface area (Å²) in [6.07, 6.45) is 1.20. The van der Waals surface area contributed by atoms with Gasteiger partial charge in [0.2, 0.25) is 0 Å². The third-order valence-electron chi connectivity index (χ3n) is 2.12. The molecular weight excluding hydrogens is 220 g/mol. The average Bonchev–Trinajstić information content (AvgIpc) is 2.29. The third-order valence-corrected chi connectivity index (χ3v) is 2.12. The summed E-state index contributed by atoms with van der Waals surface area (Å²) in [6, 6.07) is 10.1. The van der Waals surface area contributed by atoms with Gasteiger partial charge in [-0.3, -0.25) is 10.1 Å².